The monoisotopic (exact) mass is 314 g/mol. The lowest BCUT2D eigenvalue weighted by Crippen LogP contribution is -2.47. The summed E-state index contributed by atoms with van der Waals surface area (Å²) in [5, 5.41) is 11.3. The van der Waals surface area contributed by atoms with Crippen molar-refractivity contribution in [3.8, 4) is 0 Å². The molecule has 2 aliphatic carbocycles. The Balaban J connectivity index is 1.73. The number of carbonyl (C=O) groups is 1. The molecule has 0 aromatic heterocycles. The number of benzene rings is 1. The van der Waals surface area contributed by atoms with E-state index in [4.69, 9.17) is 0 Å². The predicted molar refractivity (Wildman–Crippen MR) is 86.0 cm³/mol. The first-order valence-electron chi connectivity index (χ1n) is 8.34. The number of amides is 1. The van der Waals surface area contributed by atoms with Crippen molar-refractivity contribution < 1.29 is 9.72 Å². The summed E-state index contributed by atoms with van der Waals surface area (Å²) in [5.74, 6) is 0.613. The standard InChI is InChI=1S/C18H22N2O3/c1-17(2)11-7-8-18(17,3)15(9-11)19-10-13-12(16(19)21)5-4-6-14(13)20(22)23/h4-6,11,15H,7-10H2,1-3H3/t11-,15-,18-/m1/s1. The average Bonchev–Trinajstić information content (AvgIpc) is 3.01. The summed E-state index contributed by atoms with van der Waals surface area (Å²) in [6.45, 7) is 7.32. The zero-order valence-corrected chi connectivity index (χ0v) is 13.8. The fraction of sp³-hybridized carbons (Fsp3) is 0.611. The minimum atomic E-state index is -0.373. The van der Waals surface area contributed by atoms with E-state index in [1.165, 1.54) is 12.5 Å². The lowest BCUT2D eigenvalue weighted by molar-refractivity contribution is -0.385. The summed E-state index contributed by atoms with van der Waals surface area (Å²) in [5.41, 5.74) is 1.50. The van der Waals surface area contributed by atoms with E-state index in [2.05, 4.69) is 20.8 Å². The summed E-state index contributed by atoms with van der Waals surface area (Å²) in [6, 6.07) is 5.04. The highest BCUT2D eigenvalue weighted by Crippen LogP contribution is 2.67. The van der Waals surface area contributed by atoms with Crippen LogP contribution in [0.2, 0.25) is 0 Å². The summed E-state index contributed by atoms with van der Waals surface area (Å²) in [6.07, 6.45) is 3.39. The molecular weight excluding hydrogens is 292 g/mol. The van der Waals surface area contributed by atoms with Gasteiger partial charge in [0.1, 0.15) is 0 Å². The topological polar surface area (TPSA) is 63.4 Å². The van der Waals surface area contributed by atoms with Gasteiger partial charge in [0.25, 0.3) is 11.6 Å². The van der Waals surface area contributed by atoms with Crippen molar-refractivity contribution in [2.24, 2.45) is 16.7 Å². The highest BCUT2D eigenvalue weighted by atomic mass is 16.6. The predicted octanol–water partition coefficient (Wildman–Crippen LogP) is 3.77. The quantitative estimate of drug-likeness (QED) is 0.616. The fourth-order valence-electron chi connectivity index (χ4n) is 5.39. The number of carbonyl (C=O) groups excluding carboxylic acids is 1. The van der Waals surface area contributed by atoms with Crippen LogP contribution in [0.25, 0.3) is 0 Å². The molecule has 2 fully saturated rings. The van der Waals surface area contributed by atoms with Gasteiger partial charge in [-0.2, -0.15) is 0 Å². The van der Waals surface area contributed by atoms with Gasteiger partial charge in [0, 0.05) is 12.1 Å². The maximum atomic E-state index is 12.9. The highest BCUT2D eigenvalue weighted by Gasteiger charge is 2.63. The Hall–Kier alpha value is -1.91. The first kappa shape index (κ1) is 14.7. The molecule has 122 valence electrons. The van der Waals surface area contributed by atoms with E-state index in [0.29, 0.717) is 23.6 Å². The molecule has 5 heteroatoms. The van der Waals surface area contributed by atoms with Crippen LogP contribution >= 0.6 is 0 Å². The van der Waals surface area contributed by atoms with Crippen LogP contribution in [0, 0.1) is 26.9 Å². The number of nitro groups is 1. The van der Waals surface area contributed by atoms with Crippen molar-refractivity contribution in [2.45, 2.75) is 52.6 Å². The molecule has 2 bridgehead atoms. The van der Waals surface area contributed by atoms with E-state index in [9.17, 15) is 14.9 Å². The van der Waals surface area contributed by atoms with E-state index >= 15 is 0 Å². The van der Waals surface area contributed by atoms with E-state index in [0.717, 1.165) is 12.8 Å². The molecule has 3 atom stereocenters. The molecule has 0 saturated heterocycles. The lowest BCUT2D eigenvalue weighted by Gasteiger charge is -2.43. The first-order valence-corrected chi connectivity index (χ1v) is 8.34. The Morgan fingerprint density at radius 2 is 2.04 bits per heavy atom. The molecule has 23 heavy (non-hydrogen) atoms. The molecule has 1 aliphatic heterocycles. The van der Waals surface area contributed by atoms with Crippen molar-refractivity contribution in [1.82, 2.24) is 4.90 Å². The number of rotatable bonds is 2. The average molecular weight is 314 g/mol. The molecule has 0 radical (unpaired) electrons. The molecule has 2 saturated carbocycles. The van der Waals surface area contributed by atoms with Gasteiger partial charge < -0.3 is 4.90 Å². The van der Waals surface area contributed by atoms with Gasteiger partial charge in [-0.25, -0.2) is 0 Å². The van der Waals surface area contributed by atoms with Crippen molar-refractivity contribution in [3.63, 3.8) is 0 Å². The Morgan fingerprint density at radius 1 is 1.30 bits per heavy atom. The van der Waals surface area contributed by atoms with E-state index in [1.54, 1.807) is 12.1 Å². The van der Waals surface area contributed by atoms with E-state index in [1.807, 2.05) is 4.90 Å². The summed E-state index contributed by atoms with van der Waals surface area (Å²) in [7, 11) is 0. The second-order valence-electron chi connectivity index (χ2n) is 8.12. The molecule has 5 nitrogen and oxygen atoms in total. The van der Waals surface area contributed by atoms with E-state index in [-0.39, 0.29) is 33.4 Å². The third kappa shape index (κ3) is 1.65. The van der Waals surface area contributed by atoms with Crippen LogP contribution in [0.4, 0.5) is 5.69 Å². The highest BCUT2D eigenvalue weighted by molar-refractivity contribution is 5.99. The van der Waals surface area contributed by atoms with Gasteiger partial charge in [-0.15, -0.1) is 0 Å². The molecule has 0 unspecified atom stereocenters. The van der Waals surface area contributed by atoms with Gasteiger partial charge >= 0.3 is 0 Å². The number of hydrogen-bond acceptors (Lipinski definition) is 3. The molecule has 1 aromatic carbocycles. The summed E-state index contributed by atoms with van der Waals surface area (Å²) in [4.78, 5) is 25.7. The number of hydrogen-bond donors (Lipinski definition) is 0. The maximum absolute atomic E-state index is 12.9. The second-order valence-corrected chi connectivity index (χ2v) is 8.12. The van der Waals surface area contributed by atoms with Crippen LogP contribution in [0.3, 0.4) is 0 Å². The van der Waals surface area contributed by atoms with E-state index < -0.39 is 0 Å². The van der Waals surface area contributed by atoms with Crippen LogP contribution in [-0.4, -0.2) is 21.8 Å². The first-order chi connectivity index (χ1) is 10.8. The number of nitro benzene ring substituents is 1. The molecular formula is C18H22N2O3. The van der Waals surface area contributed by atoms with Gasteiger partial charge in [-0.3, -0.25) is 14.9 Å². The largest absolute Gasteiger partial charge is 0.330 e. The van der Waals surface area contributed by atoms with Crippen molar-refractivity contribution >= 4 is 11.6 Å². The minimum Gasteiger partial charge on any atom is -0.330 e. The Morgan fingerprint density at radius 3 is 2.61 bits per heavy atom. The fourth-order valence-corrected chi connectivity index (χ4v) is 5.39. The zero-order chi connectivity index (χ0) is 16.6. The van der Waals surface area contributed by atoms with Crippen molar-refractivity contribution in [1.29, 1.82) is 0 Å². The molecule has 3 aliphatic rings. The van der Waals surface area contributed by atoms with Gasteiger partial charge in [-0.05, 0) is 42.1 Å². The van der Waals surface area contributed by atoms with Gasteiger partial charge in [0.2, 0.25) is 0 Å². The third-order valence-corrected chi connectivity index (χ3v) is 7.29. The normalized spacial score (nSPS) is 34.0. The van der Waals surface area contributed by atoms with Gasteiger partial charge in [-0.1, -0.05) is 26.8 Å². The number of fused-ring (bicyclic) bond motifs is 3. The van der Waals surface area contributed by atoms with Crippen LogP contribution in [-0.2, 0) is 6.54 Å². The molecule has 1 amide bonds. The summed E-state index contributed by atoms with van der Waals surface area (Å²) >= 11 is 0. The smallest absolute Gasteiger partial charge is 0.275 e. The van der Waals surface area contributed by atoms with Crippen LogP contribution in [0.5, 0.6) is 0 Å². The molecule has 1 aromatic rings. The second kappa shape index (κ2) is 4.34. The Bertz CT molecular complexity index is 727. The van der Waals surface area contributed by atoms with Gasteiger partial charge in [0.05, 0.1) is 22.6 Å². The maximum Gasteiger partial charge on any atom is 0.275 e. The van der Waals surface area contributed by atoms with Gasteiger partial charge in [0.15, 0.2) is 0 Å². The SMILES string of the molecule is CC1(C)[C@@H]2CC[C@]1(C)[C@H](N1Cc3c(cccc3[N+](=O)[O-])C1=O)C2. The Labute approximate surface area is 135 Å². The molecule has 0 N–H and O–H groups in total. The lowest BCUT2D eigenvalue weighted by atomic mass is 9.69. The minimum absolute atomic E-state index is 0.0294. The van der Waals surface area contributed by atoms with Crippen molar-refractivity contribution in [3.05, 3.63) is 39.4 Å². The molecule has 1 heterocycles. The molecule has 0 spiro atoms. The number of nitrogens with zero attached hydrogens (tertiary/aromatic N) is 2. The Kier molecular flexibility index (Phi) is 2.77. The summed E-state index contributed by atoms with van der Waals surface area (Å²) < 4.78 is 0. The molecule has 4 rings (SSSR count). The third-order valence-electron chi connectivity index (χ3n) is 7.29. The van der Waals surface area contributed by atoms with Crippen LogP contribution in [0.15, 0.2) is 18.2 Å². The van der Waals surface area contributed by atoms with Crippen LogP contribution in [0.1, 0.15) is 56.0 Å². The van der Waals surface area contributed by atoms with Crippen LogP contribution < -0.4 is 0 Å². The zero-order valence-electron chi connectivity index (χ0n) is 13.8. The van der Waals surface area contributed by atoms with Crippen molar-refractivity contribution in [2.75, 3.05) is 0 Å².